The first-order chi connectivity index (χ1) is 11.2. The Bertz CT molecular complexity index is 806. The second kappa shape index (κ2) is 6.97. The Kier molecular flexibility index (Phi) is 4.57. The van der Waals surface area contributed by atoms with E-state index in [0.29, 0.717) is 6.61 Å². The Morgan fingerprint density at radius 3 is 2.30 bits per heavy atom. The highest BCUT2D eigenvalue weighted by Gasteiger charge is 2.01. The summed E-state index contributed by atoms with van der Waals surface area (Å²) in [5.74, 6) is -0.0603. The largest absolute Gasteiger partial charge is 0.493 e. The number of carboxylic acid groups (broad SMARTS) is 1. The maximum atomic E-state index is 10.6. The fourth-order valence-electron chi connectivity index (χ4n) is 2.56. The number of fused-ring (bicyclic) bond motifs is 1. The molecule has 0 aromatic heterocycles. The summed E-state index contributed by atoms with van der Waals surface area (Å²) in [7, 11) is 0. The molecule has 0 aliphatic rings. The van der Waals surface area contributed by atoms with Crippen molar-refractivity contribution in [3.05, 3.63) is 77.9 Å². The van der Waals surface area contributed by atoms with E-state index in [9.17, 15) is 4.79 Å². The van der Waals surface area contributed by atoms with Crippen LogP contribution in [0.5, 0.6) is 5.75 Å². The minimum Gasteiger partial charge on any atom is -0.493 e. The molecular weight excluding hydrogens is 288 g/mol. The molecule has 0 unspecified atom stereocenters. The van der Waals surface area contributed by atoms with Gasteiger partial charge >= 0.3 is 5.97 Å². The molecule has 3 aromatic rings. The van der Waals surface area contributed by atoms with Gasteiger partial charge in [0.2, 0.25) is 0 Å². The standard InChI is InChI=1S/C20H18O3/c21-20(22)14-15-6-9-19(10-7-15)23-12-11-16-5-8-17-3-1-2-4-18(17)13-16/h1-10,13H,11-12,14H2,(H,21,22). The van der Waals surface area contributed by atoms with Crippen molar-refractivity contribution < 1.29 is 14.6 Å². The molecule has 3 aromatic carbocycles. The van der Waals surface area contributed by atoms with Gasteiger partial charge in [-0.1, -0.05) is 54.6 Å². The van der Waals surface area contributed by atoms with Crippen LogP contribution in [0.15, 0.2) is 66.7 Å². The van der Waals surface area contributed by atoms with Crippen LogP contribution in [0.4, 0.5) is 0 Å². The average molecular weight is 306 g/mol. The van der Waals surface area contributed by atoms with E-state index in [1.165, 1.54) is 16.3 Å². The Balaban J connectivity index is 1.56. The number of ether oxygens (including phenoxy) is 1. The summed E-state index contributed by atoms with van der Waals surface area (Å²) in [5, 5.41) is 11.2. The number of carbonyl (C=O) groups is 1. The number of aliphatic carboxylic acids is 1. The minimum atomic E-state index is -0.824. The van der Waals surface area contributed by atoms with E-state index in [1.807, 2.05) is 24.3 Å². The zero-order valence-electron chi connectivity index (χ0n) is 12.7. The predicted molar refractivity (Wildman–Crippen MR) is 90.9 cm³/mol. The van der Waals surface area contributed by atoms with Crippen molar-refractivity contribution in [3.8, 4) is 5.75 Å². The molecule has 0 bridgehead atoms. The van der Waals surface area contributed by atoms with Gasteiger partial charge in [-0.3, -0.25) is 4.79 Å². The summed E-state index contributed by atoms with van der Waals surface area (Å²) in [6.45, 7) is 0.594. The van der Waals surface area contributed by atoms with Crippen LogP contribution in [0.1, 0.15) is 11.1 Å². The topological polar surface area (TPSA) is 46.5 Å². The normalized spacial score (nSPS) is 10.6. The van der Waals surface area contributed by atoms with E-state index >= 15 is 0 Å². The summed E-state index contributed by atoms with van der Waals surface area (Å²) in [4.78, 5) is 10.6. The molecule has 0 aliphatic carbocycles. The highest BCUT2D eigenvalue weighted by atomic mass is 16.5. The van der Waals surface area contributed by atoms with E-state index in [-0.39, 0.29) is 6.42 Å². The monoisotopic (exact) mass is 306 g/mol. The first-order valence-corrected chi connectivity index (χ1v) is 7.62. The van der Waals surface area contributed by atoms with Crippen molar-refractivity contribution in [2.45, 2.75) is 12.8 Å². The summed E-state index contributed by atoms with van der Waals surface area (Å²) in [6, 6.07) is 22.0. The molecule has 0 radical (unpaired) electrons. The lowest BCUT2D eigenvalue weighted by molar-refractivity contribution is -0.136. The average Bonchev–Trinajstić information content (AvgIpc) is 2.56. The molecule has 0 saturated heterocycles. The van der Waals surface area contributed by atoms with Crippen LogP contribution in [0, 0.1) is 0 Å². The van der Waals surface area contributed by atoms with E-state index in [2.05, 4.69) is 30.3 Å². The van der Waals surface area contributed by atoms with Crippen molar-refractivity contribution >= 4 is 16.7 Å². The van der Waals surface area contributed by atoms with Crippen LogP contribution in [0.3, 0.4) is 0 Å². The van der Waals surface area contributed by atoms with Crippen molar-refractivity contribution in [2.24, 2.45) is 0 Å². The predicted octanol–water partition coefficient (Wildman–Crippen LogP) is 4.09. The number of rotatable bonds is 6. The van der Waals surface area contributed by atoms with Crippen LogP contribution < -0.4 is 4.74 Å². The van der Waals surface area contributed by atoms with Crippen LogP contribution in [0.25, 0.3) is 10.8 Å². The van der Waals surface area contributed by atoms with E-state index in [1.54, 1.807) is 12.1 Å². The minimum absolute atomic E-state index is 0.0391. The van der Waals surface area contributed by atoms with Gasteiger partial charge in [0.25, 0.3) is 0 Å². The third kappa shape index (κ3) is 4.10. The van der Waals surface area contributed by atoms with Crippen LogP contribution in [-0.2, 0) is 17.6 Å². The van der Waals surface area contributed by atoms with Gasteiger partial charge in [0.05, 0.1) is 13.0 Å². The van der Waals surface area contributed by atoms with Crippen molar-refractivity contribution in [1.82, 2.24) is 0 Å². The number of carboxylic acids is 1. The molecule has 0 amide bonds. The molecule has 0 saturated carbocycles. The molecule has 3 heteroatoms. The lowest BCUT2D eigenvalue weighted by atomic mass is 10.1. The van der Waals surface area contributed by atoms with Crippen molar-refractivity contribution in [2.75, 3.05) is 6.61 Å². The summed E-state index contributed by atoms with van der Waals surface area (Å²) in [6.07, 6.45) is 0.874. The van der Waals surface area contributed by atoms with Gasteiger partial charge in [-0.15, -0.1) is 0 Å². The fraction of sp³-hybridized carbons (Fsp3) is 0.150. The van der Waals surface area contributed by atoms with E-state index in [4.69, 9.17) is 9.84 Å². The molecule has 23 heavy (non-hydrogen) atoms. The second-order valence-electron chi connectivity index (χ2n) is 5.49. The van der Waals surface area contributed by atoms with Crippen molar-refractivity contribution in [3.63, 3.8) is 0 Å². The van der Waals surface area contributed by atoms with E-state index in [0.717, 1.165) is 17.7 Å². The summed E-state index contributed by atoms with van der Waals surface area (Å²) >= 11 is 0. The quantitative estimate of drug-likeness (QED) is 0.746. The summed E-state index contributed by atoms with van der Waals surface area (Å²) in [5.41, 5.74) is 2.02. The zero-order valence-corrected chi connectivity index (χ0v) is 12.7. The Morgan fingerprint density at radius 1 is 0.870 bits per heavy atom. The van der Waals surface area contributed by atoms with Gasteiger partial charge in [0.1, 0.15) is 5.75 Å². The Morgan fingerprint density at radius 2 is 1.57 bits per heavy atom. The molecule has 3 nitrogen and oxygen atoms in total. The molecule has 0 heterocycles. The molecule has 0 aliphatic heterocycles. The molecular formula is C20H18O3. The lowest BCUT2D eigenvalue weighted by Crippen LogP contribution is -2.02. The summed E-state index contributed by atoms with van der Waals surface area (Å²) < 4.78 is 5.73. The molecule has 3 rings (SSSR count). The number of hydrogen-bond donors (Lipinski definition) is 1. The molecule has 116 valence electrons. The number of hydrogen-bond acceptors (Lipinski definition) is 2. The highest BCUT2D eigenvalue weighted by Crippen LogP contribution is 2.17. The van der Waals surface area contributed by atoms with Crippen LogP contribution in [0.2, 0.25) is 0 Å². The Labute approximate surface area is 135 Å². The van der Waals surface area contributed by atoms with Gasteiger partial charge in [0, 0.05) is 6.42 Å². The van der Waals surface area contributed by atoms with Gasteiger partial charge in [-0.25, -0.2) is 0 Å². The first kappa shape index (κ1) is 15.1. The molecule has 0 fully saturated rings. The number of benzene rings is 3. The lowest BCUT2D eigenvalue weighted by Gasteiger charge is -2.08. The maximum Gasteiger partial charge on any atom is 0.307 e. The van der Waals surface area contributed by atoms with Gasteiger partial charge < -0.3 is 9.84 Å². The fourth-order valence-corrected chi connectivity index (χ4v) is 2.56. The first-order valence-electron chi connectivity index (χ1n) is 7.62. The van der Waals surface area contributed by atoms with Crippen LogP contribution >= 0.6 is 0 Å². The third-order valence-electron chi connectivity index (χ3n) is 3.75. The maximum absolute atomic E-state index is 10.6. The third-order valence-corrected chi connectivity index (χ3v) is 3.75. The van der Waals surface area contributed by atoms with Gasteiger partial charge in [-0.2, -0.15) is 0 Å². The van der Waals surface area contributed by atoms with E-state index < -0.39 is 5.97 Å². The highest BCUT2D eigenvalue weighted by molar-refractivity contribution is 5.82. The van der Waals surface area contributed by atoms with Crippen LogP contribution in [-0.4, -0.2) is 17.7 Å². The Hall–Kier alpha value is -2.81. The molecule has 1 N–H and O–H groups in total. The van der Waals surface area contributed by atoms with Gasteiger partial charge in [0.15, 0.2) is 0 Å². The van der Waals surface area contributed by atoms with Crippen molar-refractivity contribution in [1.29, 1.82) is 0 Å². The molecule has 0 spiro atoms. The SMILES string of the molecule is O=C(O)Cc1ccc(OCCc2ccc3ccccc3c2)cc1. The molecule has 0 atom stereocenters. The second-order valence-corrected chi connectivity index (χ2v) is 5.49. The van der Waals surface area contributed by atoms with Gasteiger partial charge in [-0.05, 0) is 34.0 Å². The smallest absolute Gasteiger partial charge is 0.307 e. The zero-order chi connectivity index (χ0) is 16.1.